The van der Waals surface area contributed by atoms with E-state index in [1.807, 2.05) is 0 Å². The Kier molecular flexibility index (Phi) is 10.0. The number of hydrogen-bond donors (Lipinski definition) is 0. The van der Waals surface area contributed by atoms with Crippen LogP contribution in [0.2, 0.25) is 12.6 Å². The minimum absolute atomic E-state index is 0.110. The predicted molar refractivity (Wildman–Crippen MR) is 52.7 cm³/mol. The van der Waals surface area contributed by atoms with Crippen LogP contribution in [0.25, 0.3) is 0 Å². The molecule has 8 heteroatoms. The van der Waals surface area contributed by atoms with Crippen LogP contribution < -0.4 is 0 Å². The first kappa shape index (κ1) is 18.1. The molecule has 100 valence electrons. The lowest BCUT2D eigenvalue weighted by Crippen LogP contribution is -2.43. The van der Waals surface area contributed by atoms with Crippen molar-refractivity contribution in [3.8, 4) is 0 Å². The third-order valence-corrected chi connectivity index (χ3v) is 2.79. The average Bonchev–Trinajstić information content (AvgIpc) is 2.26. The highest BCUT2D eigenvalue weighted by atomic mass is 28.2. The van der Waals surface area contributed by atoms with Gasteiger partial charge in [0.05, 0.1) is 6.67 Å². The molecule has 0 aliphatic carbocycles. The molecule has 0 aliphatic heterocycles. The molecule has 0 radical (unpaired) electrons. The third kappa shape index (κ3) is 7.10. The molecule has 0 atom stereocenters. The van der Waals surface area contributed by atoms with Crippen molar-refractivity contribution in [2.75, 3.05) is 20.5 Å². The average molecular weight is 270 g/mol. The van der Waals surface area contributed by atoms with E-state index in [9.17, 15) is 26.3 Å². The van der Waals surface area contributed by atoms with E-state index >= 15 is 0 Å². The fourth-order valence-corrected chi connectivity index (χ4v) is 1.26. The molecule has 0 amide bonds. The summed E-state index contributed by atoms with van der Waals surface area (Å²) in [6, 6.07) is 1.18. The van der Waals surface area contributed by atoms with E-state index < -0.39 is 18.7 Å². The molecule has 0 aromatic rings. The van der Waals surface area contributed by atoms with Crippen LogP contribution in [0, 0.1) is 0 Å². The fraction of sp³-hybridized carbons (Fsp3) is 1.00. The van der Waals surface area contributed by atoms with E-state index in [1.54, 1.807) is 0 Å². The first-order valence-corrected chi connectivity index (χ1v) is 7.13. The second kappa shape index (κ2) is 8.86. The highest BCUT2D eigenvalue weighted by Crippen LogP contribution is 2.34. The zero-order valence-corrected chi connectivity index (χ0v) is 10.6. The summed E-state index contributed by atoms with van der Waals surface area (Å²) < 4.78 is 72.2. The Hall–Kier alpha value is -0.243. The normalized spacial score (nSPS) is 12.8. The van der Waals surface area contributed by atoms with Gasteiger partial charge < -0.3 is 4.74 Å². The second-order valence-corrected chi connectivity index (χ2v) is 4.66. The summed E-state index contributed by atoms with van der Waals surface area (Å²) in [5, 5.41) is 0. The number of ether oxygens (including phenoxy) is 1. The van der Waals surface area contributed by atoms with Crippen molar-refractivity contribution in [3.05, 3.63) is 0 Å². The quantitative estimate of drug-likeness (QED) is 0.410. The molecular formula is C8H16F6OSi. The van der Waals surface area contributed by atoms with Gasteiger partial charge in [-0.2, -0.15) is 17.6 Å². The van der Waals surface area contributed by atoms with Crippen LogP contribution in [0.3, 0.4) is 0 Å². The maximum atomic E-state index is 11.7. The van der Waals surface area contributed by atoms with Crippen molar-refractivity contribution in [1.82, 2.24) is 0 Å². The fourth-order valence-electron chi connectivity index (χ4n) is 0.572. The Morgan fingerprint density at radius 1 is 1.12 bits per heavy atom. The van der Waals surface area contributed by atoms with E-state index in [2.05, 4.69) is 11.3 Å². The summed E-state index contributed by atoms with van der Waals surface area (Å²) in [5.41, 5.74) is 0. The van der Waals surface area contributed by atoms with Crippen LogP contribution in [0.5, 0.6) is 0 Å². The molecular weight excluding hydrogens is 254 g/mol. The molecule has 0 saturated heterocycles. The summed E-state index contributed by atoms with van der Waals surface area (Å²) in [6.07, 6.45) is -3.91. The topological polar surface area (TPSA) is 9.23 Å². The van der Waals surface area contributed by atoms with Gasteiger partial charge >= 0.3 is 12.0 Å². The Morgan fingerprint density at radius 2 is 1.62 bits per heavy atom. The van der Waals surface area contributed by atoms with Crippen molar-refractivity contribution < 1.29 is 31.1 Å². The maximum absolute atomic E-state index is 11.7. The van der Waals surface area contributed by atoms with Gasteiger partial charge in [0.15, 0.2) is 6.67 Å². The van der Waals surface area contributed by atoms with Gasteiger partial charge in [0.1, 0.15) is 0 Å². The van der Waals surface area contributed by atoms with E-state index in [0.717, 1.165) is 6.42 Å². The molecule has 1 nitrogen and oxygen atoms in total. The number of rotatable bonds is 6. The molecule has 0 aromatic carbocycles. The van der Waals surface area contributed by atoms with Crippen LogP contribution in [-0.2, 0) is 4.74 Å². The van der Waals surface area contributed by atoms with E-state index in [-0.39, 0.29) is 16.2 Å². The van der Waals surface area contributed by atoms with E-state index in [1.165, 1.54) is 6.04 Å². The van der Waals surface area contributed by atoms with Gasteiger partial charge in [-0.3, -0.25) is 4.39 Å². The molecule has 0 heterocycles. The largest absolute Gasteiger partial charge is 0.421 e. The minimum atomic E-state index is -4.73. The number of hydrogen-bond acceptors (Lipinski definition) is 1. The molecule has 16 heavy (non-hydrogen) atoms. The van der Waals surface area contributed by atoms with Crippen molar-refractivity contribution in [3.63, 3.8) is 0 Å². The van der Waals surface area contributed by atoms with Crippen LogP contribution in [-0.4, -0.2) is 42.0 Å². The summed E-state index contributed by atoms with van der Waals surface area (Å²) >= 11 is 0. The summed E-state index contributed by atoms with van der Waals surface area (Å²) in [4.78, 5) is 0. The standard InChI is InChI=1S/C4H5F5O.C4H11FSi/c1-10-4(8,9)3(6,7)2-5;1-6-4-2-3-5/h2H2,1H3;2-4,6H2,1H3. The van der Waals surface area contributed by atoms with Gasteiger partial charge in [0.25, 0.3) is 0 Å². The maximum Gasteiger partial charge on any atom is 0.421 e. The molecule has 0 aliphatic rings. The van der Waals surface area contributed by atoms with Crippen LogP contribution in [0.15, 0.2) is 0 Å². The van der Waals surface area contributed by atoms with Crippen LogP contribution in [0.1, 0.15) is 6.42 Å². The second-order valence-electron chi connectivity index (χ2n) is 2.96. The lowest BCUT2D eigenvalue weighted by atomic mass is 10.3. The Balaban J connectivity index is 0. The van der Waals surface area contributed by atoms with Gasteiger partial charge in [-0.15, -0.1) is 0 Å². The number of halogens is 6. The molecule has 0 saturated carbocycles. The lowest BCUT2D eigenvalue weighted by Gasteiger charge is -2.21. The van der Waals surface area contributed by atoms with Gasteiger partial charge in [0, 0.05) is 16.6 Å². The third-order valence-electron chi connectivity index (χ3n) is 1.59. The summed E-state index contributed by atoms with van der Waals surface area (Å²) in [7, 11) is 0.542. The number of alkyl halides is 6. The summed E-state index contributed by atoms with van der Waals surface area (Å²) in [6.45, 7) is -0.343. The van der Waals surface area contributed by atoms with Crippen molar-refractivity contribution in [2.45, 2.75) is 31.0 Å². The van der Waals surface area contributed by atoms with Gasteiger partial charge in [-0.25, -0.2) is 4.39 Å². The molecule has 0 rings (SSSR count). The number of methoxy groups -OCH3 is 1. The monoisotopic (exact) mass is 270 g/mol. The smallest absolute Gasteiger partial charge is 0.319 e. The Bertz CT molecular complexity index is 149. The first-order valence-electron chi connectivity index (χ1n) is 4.71. The minimum Gasteiger partial charge on any atom is -0.319 e. The highest BCUT2D eigenvalue weighted by molar-refractivity contribution is 6.33. The van der Waals surface area contributed by atoms with Crippen LogP contribution in [0.4, 0.5) is 26.3 Å². The molecule has 0 aromatic heterocycles. The first-order chi connectivity index (χ1) is 7.29. The van der Waals surface area contributed by atoms with E-state index in [4.69, 9.17) is 0 Å². The Labute approximate surface area is 93.0 Å². The molecule has 0 N–H and O–H groups in total. The van der Waals surface area contributed by atoms with Gasteiger partial charge in [0.2, 0.25) is 0 Å². The van der Waals surface area contributed by atoms with Gasteiger partial charge in [-0.05, 0) is 6.42 Å². The van der Waals surface area contributed by atoms with Crippen molar-refractivity contribution in [2.24, 2.45) is 0 Å². The Morgan fingerprint density at radius 3 is 1.75 bits per heavy atom. The summed E-state index contributed by atoms with van der Waals surface area (Å²) in [5.74, 6) is -4.73. The van der Waals surface area contributed by atoms with E-state index in [0.29, 0.717) is 7.11 Å². The zero-order chi connectivity index (χ0) is 13.2. The van der Waals surface area contributed by atoms with Crippen molar-refractivity contribution >= 4 is 9.52 Å². The molecule has 0 unspecified atom stereocenters. The highest BCUT2D eigenvalue weighted by Gasteiger charge is 2.57. The SMILES string of the molecule is COC(F)(F)C(F)(F)CF.C[SiH2]CCCF. The van der Waals surface area contributed by atoms with Gasteiger partial charge in [-0.1, -0.05) is 12.6 Å². The van der Waals surface area contributed by atoms with Crippen LogP contribution >= 0.6 is 0 Å². The molecule has 0 spiro atoms. The molecule has 0 fully saturated rings. The van der Waals surface area contributed by atoms with Crippen molar-refractivity contribution in [1.29, 1.82) is 0 Å². The molecule has 0 bridgehead atoms. The predicted octanol–water partition coefficient (Wildman–Crippen LogP) is 2.81. The lowest BCUT2D eigenvalue weighted by molar-refractivity contribution is -0.340. The zero-order valence-electron chi connectivity index (χ0n) is 9.21.